The average molecular weight is 295 g/mol. The van der Waals surface area contributed by atoms with Gasteiger partial charge in [0.15, 0.2) is 11.6 Å². The molecule has 1 saturated heterocycles. The van der Waals surface area contributed by atoms with E-state index >= 15 is 0 Å². The van der Waals surface area contributed by atoms with Crippen LogP contribution >= 0.6 is 0 Å². The Morgan fingerprint density at radius 1 is 1.67 bits per heavy atom. The molecule has 0 radical (unpaired) electrons. The van der Waals surface area contributed by atoms with E-state index in [-0.39, 0.29) is 19.1 Å². The Morgan fingerprint density at radius 2 is 2.43 bits per heavy atom. The molecule has 9 heteroatoms. The standard InChI is InChI=1S/C12H17N5O4/c1-6(19)12(13)10-11(14-4-16-12)17(5-15-10)9-2-7(20)8(3-18)21-9/h4,7-9,18,20H,2-3,5,13H2,1H3/t7-,8+,9+,12?/m0/s1. The highest BCUT2D eigenvalue weighted by atomic mass is 16.5. The summed E-state index contributed by atoms with van der Waals surface area (Å²) in [6, 6.07) is 0. The quantitative estimate of drug-likeness (QED) is 0.544. The van der Waals surface area contributed by atoms with Gasteiger partial charge in [0.05, 0.1) is 12.7 Å². The molecule has 3 aliphatic heterocycles. The van der Waals surface area contributed by atoms with Gasteiger partial charge in [-0.05, 0) is 6.92 Å². The minimum absolute atomic E-state index is 0.222. The van der Waals surface area contributed by atoms with E-state index in [0.29, 0.717) is 18.0 Å². The van der Waals surface area contributed by atoms with Gasteiger partial charge in [-0.25, -0.2) is 9.98 Å². The van der Waals surface area contributed by atoms with Crippen molar-refractivity contribution < 1.29 is 19.7 Å². The highest BCUT2D eigenvalue weighted by Crippen LogP contribution is 2.28. The molecule has 3 rings (SSSR count). The number of rotatable bonds is 3. The molecule has 0 spiro atoms. The summed E-state index contributed by atoms with van der Waals surface area (Å²) in [6.07, 6.45) is -0.297. The average Bonchev–Trinajstić information content (AvgIpc) is 3.02. The SMILES string of the molecule is CC(=O)C1(N)N=CN=C2C1=NCN2[C@H]1C[C@H](O)[C@@H](CO)O1. The Balaban J connectivity index is 1.83. The zero-order valence-corrected chi connectivity index (χ0v) is 11.5. The Labute approximate surface area is 120 Å². The molecule has 3 heterocycles. The van der Waals surface area contributed by atoms with Crippen LogP contribution in [0.1, 0.15) is 13.3 Å². The van der Waals surface area contributed by atoms with Crippen molar-refractivity contribution in [2.24, 2.45) is 20.7 Å². The molecule has 4 atom stereocenters. The van der Waals surface area contributed by atoms with Crippen molar-refractivity contribution in [2.45, 2.75) is 37.4 Å². The summed E-state index contributed by atoms with van der Waals surface area (Å²) in [5.41, 5.74) is 4.81. The Kier molecular flexibility index (Phi) is 3.36. The molecule has 0 aromatic carbocycles. The number of hydrogen-bond acceptors (Lipinski definition) is 9. The Bertz CT molecular complexity index is 560. The molecule has 0 aromatic heterocycles. The molecular formula is C12H17N5O4. The summed E-state index contributed by atoms with van der Waals surface area (Å²) in [6.45, 7) is 1.31. The predicted molar refractivity (Wildman–Crippen MR) is 74.0 cm³/mol. The molecule has 1 fully saturated rings. The molecule has 9 nitrogen and oxygen atoms in total. The number of aliphatic hydroxyl groups excluding tert-OH is 2. The van der Waals surface area contributed by atoms with Crippen molar-refractivity contribution >= 4 is 23.7 Å². The first-order valence-corrected chi connectivity index (χ1v) is 6.65. The van der Waals surface area contributed by atoms with Crippen LogP contribution in [0.3, 0.4) is 0 Å². The molecule has 21 heavy (non-hydrogen) atoms. The lowest BCUT2D eigenvalue weighted by Gasteiger charge is -2.30. The van der Waals surface area contributed by atoms with Gasteiger partial charge in [0.25, 0.3) is 0 Å². The summed E-state index contributed by atoms with van der Waals surface area (Å²) in [5, 5.41) is 18.9. The second-order valence-electron chi connectivity index (χ2n) is 5.25. The second-order valence-corrected chi connectivity index (χ2v) is 5.25. The van der Waals surface area contributed by atoms with E-state index in [0.717, 1.165) is 0 Å². The maximum absolute atomic E-state index is 11.7. The number of ketones is 1. The summed E-state index contributed by atoms with van der Waals surface area (Å²) >= 11 is 0. The number of aliphatic hydroxyl groups is 2. The first-order valence-electron chi connectivity index (χ1n) is 6.65. The number of nitrogens with two attached hydrogens (primary N) is 1. The van der Waals surface area contributed by atoms with Crippen LogP contribution in [0.2, 0.25) is 0 Å². The van der Waals surface area contributed by atoms with Crippen LogP contribution in [0.5, 0.6) is 0 Å². The fraction of sp³-hybridized carbons (Fsp3) is 0.667. The van der Waals surface area contributed by atoms with E-state index < -0.39 is 24.1 Å². The van der Waals surface area contributed by atoms with Crippen LogP contribution < -0.4 is 5.73 Å². The molecule has 1 unspecified atom stereocenters. The number of hydrogen-bond donors (Lipinski definition) is 3. The topological polar surface area (TPSA) is 133 Å². The van der Waals surface area contributed by atoms with Gasteiger partial charge < -0.3 is 19.8 Å². The third-order valence-corrected chi connectivity index (χ3v) is 3.94. The molecule has 0 saturated carbocycles. The summed E-state index contributed by atoms with van der Waals surface area (Å²) in [4.78, 5) is 25.8. The van der Waals surface area contributed by atoms with Gasteiger partial charge in [-0.1, -0.05) is 0 Å². The molecule has 0 bridgehead atoms. The normalized spacial score (nSPS) is 38.3. The summed E-state index contributed by atoms with van der Waals surface area (Å²) < 4.78 is 5.59. The fourth-order valence-electron chi connectivity index (χ4n) is 2.64. The van der Waals surface area contributed by atoms with Crippen molar-refractivity contribution in [3.05, 3.63) is 0 Å². The van der Waals surface area contributed by atoms with Gasteiger partial charge >= 0.3 is 0 Å². The van der Waals surface area contributed by atoms with Gasteiger partial charge in [-0.3, -0.25) is 15.5 Å². The molecule has 114 valence electrons. The van der Waals surface area contributed by atoms with Crippen LogP contribution in [0.4, 0.5) is 0 Å². The van der Waals surface area contributed by atoms with Gasteiger partial charge in [0.1, 0.15) is 31.1 Å². The monoisotopic (exact) mass is 295 g/mol. The Morgan fingerprint density at radius 3 is 3.05 bits per heavy atom. The van der Waals surface area contributed by atoms with Crippen LogP contribution in [0, 0.1) is 0 Å². The number of carbonyl (C=O) groups excluding carboxylic acids is 1. The van der Waals surface area contributed by atoms with Crippen LogP contribution in [-0.2, 0) is 9.53 Å². The van der Waals surface area contributed by atoms with Gasteiger partial charge in [0.2, 0.25) is 5.66 Å². The molecule has 4 N–H and O–H groups in total. The lowest BCUT2D eigenvalue weighted by atomic mass is 9.99. The first-order chi connectivity index (χ1) is 9.97. The second kappa shape index (κ2) is 4.95. The van der Waals surface area contributed by atoms with Gasteiger partial charge in [-0.2, -0.15) is 0 Å². The first kappa shape index (κ1) is 14.3. The number of amidine groups is 1. The molecule has 0 amide bonds. The number of fused-ring (bicyclic) bond motifs is 1. The zero-order valence-electron chi connectivity index (χ0n) is 11.5. The lowest BCUT2D eigenvalue weighted by Crippen LogP contribution is -2.58. The number of nitrogens with zero attached hydrogens (tertiary/aromatic N) is 4. The molecular weight excluding hydrogens is 278 g/mol. The van der Waals surface area contributed by atoms with E-state index in [9.17, 15) is 9.90 Å². The van der Waals surface area contributed by atoms with E-state index in [1.807, 2.05) is 0 Å². The lowest BCUT2D eigenvalue weighted by molar-refractivity contribution is -0.119. The molecule has 0 aromatic rings. The zero-order chi connectivity index (χ0) is 15.2. The van der Waals surface area contributed by atoms with E-state index in [1.54, 1.807) is 4.90 Å². The smallest absolute Gasteiger partial charge is 0.214 e. The maximum Gasteiger partial charge on any atom is 0.214 e. The van der Waals surface area contributed by atoms with Crippen LogP contribution in [0.25, 0.3) is 0 Å². The highest BCUT2D eigenvalue weighted by molar-refractivity contribution is 6.51. The minimum atomic E-state index is -1.51. The maximum atomic E-state index is 11.7. The van der Waals surface area contributed by atoms with E-state index in [2.05, 4.69) is 15.0 Å². The van der Waals surface area contributed by atoms with Gasteiger partial charge in [0, 0.05) is 6.42 Å². The van der Waals surface area contributed by atoms with Crippen molar-refractivity contribution in [1.29, 1.82) is 0 Å². The van der Waals surface area contributed by atoms with E-state index in [1.165, 1.54) is 13.3 Å². The van der Waals surface area contributed by atoms with Crippen molar-refractivity contribution in [1.82, 2.24) is 4.90 Å². The Hall–Kier alpha value is -1.68. The van der Waals surface area contributed by atoms with E-state index in [4.69, 9.17) is 15.6 Å². The highest BCUT2D eigenvalue weighted by Gasteiger charge is 2.48. The van der Waals surface area contributed by atoms with Crippen molar-refractivity contribution in [2.75, 3.05) is 13.3 Å². The number of ether oxygens (including phenoxy) is 1. The third kappa shape index (κ3) is 2.09. The number of Topliss-reactive ketones (excluding diaryl/α,β-unsaturated/α-hetero) is 1. The fourth-order valence-corrected chi connectivity index (χ4v) is 2.64. The largest absolute Gasteiger partial charge is 0.394 e. The number of carbonyl (C=O) groups is 1. The van der Waals surface area contributed by atoms with Gasteiger partial charge in [-0.15, -0.1) is 0 Å². The predicted octanol–water partition coefficient (Wildman–Crippen LogP) is -2.15. The minimum Gasteiger partial charge on any atom is -0.394 e. The van der Waals surface area contributed by atoms with Crippen LogP contribution in [0.15, 0.2) is 15.0 Å². The number of aliphatic imine (C=N–C) groups is 3. The molecule has 3 aliphatic rings. The summed E-state index contributed by atoms with van der Waals surface area (Å²) in [5.74, 6) is 0.103. The van der Waals surface area contributed by atoms with Crippen molar-refractivity contribution in [3.63, 3.8) is 0 Å². The summed E-state index contributed by atoms with van der Waals surface area (Å²) in [7, 11) is 0. The van der Waals surface area contributed by atoms with Crippen LogP contribution in [-0.4, -0.2) is 76.2 Å². The third-order valence-electron chi connectivity index (χ3n) is 3.94. The molecule has 0 aliphatic carbocycles. The van der Waals surface area contributed by atoms with Crippen molar-refractivity contribution in [3.8, 4) is 0 Å².